The van der Waals surface area contributed by atoms with Crippen LogP contribution in [-0.2, 0) is 16.6 Å². The second-order valence-electron chi connectivity index (χ2n) is 6.14. The van der Waals surface area contributed by atoms with Crippen molar-refractivity contribution in [2.75, 3.05) is 11.8 Å². The fourth-order valence-corrected chi connectivity index (χ4v) is 3.95. The number of methoxy groups -OCH3 is 1. The highest BCUT2D eigenvalue weighted by Crippen LogP contribution is 2.27. The van der Waals surface area contributed by atoms with Gasteiger partial charge in [-0.05, 0) is 42.0 Å². The van der Waals surface area contributed by atoms with Gasteiger partial charge in [0.1, 0.15) is 10.6 Å². The summed E-state index contributed by atoms with van der Waals surface area (Å²) in [5, 5.41) is 9.12. The summed E-state index contributed by atoms with van der Waals surface area (Å²) >= 11 is 0. The maximum absolute atomic E-state index is 12.7. The number of aromatic carboxylic acids is 1. The quantitative estimate of drug-likeness (QED) is 0.614. The Kier molecular flexibility index (Phi) is 5.69. The molecule has 0 spiro atoms. The van der Waals surface area contributed by atoms with Gasteiger partial charge in [-0.2, -0.15) is 0 Å². The van der Waals surface area contributed by atoms with Crippen LogP contribution in [0.5, 0.6) is 5.75 Å². The van der Waals surface area contributed by atoms with E-state index in [1.54, 1.807) is 42.6 Å². The van der Waals surface area contributed by atoms with Gasteiger partial charge in [0.05, 0.1) is 19.2 Å². The summed E-state index contributed by atoms with van der Waals surface area (Å²) in [6.45, 7) is 0.348. The SMILES string of the molecule is COc1ccc(C(=O)O)cc1S(=O)(=O)Nc1ccc(Cn2ccccc2=O)cc1. The van der Waals surface area contributed by atoms with E-state index in [2.05, 4.69) is 4.72 Å². The predicted octanol–water partition coefficient (Wildman–Crippen LogP) is 2.40. The van der Waals surface area contributed by atoms with Crippen LogP contribution >= 0.6 is 0 Å². The molecule has 0 amide bonds. The van der Waals surface area contributed by atoms with E-state index in [-0.39, 0.29) is 27.5 Å². The molecule has 0 aliphatic rings. The Morgan fingerprint density at radius 1 is 1.10 bits per heavy atom. The number of hydrogen-bond donors (Lipinski definition) is 2. The average Bonchev–Trinajstić information content (AvgIpc) is 2.70. The highest BCUT2D eigenvalue weighted by molar-refractivity contribution is 7.92. The third kappa shape index (κ3) is 4.64. The van der Waals surface area contributed by atoms with Gasteiger partial charge in [-0.25, -0.2) is 13.2 Å². The zero-order valence-corrected chi connectivity index (χ0v) is 16.2. The number of ether oxygens (including phenoxy) is 1. The lowest BCUT2D eigenvalue weighted by Gasteiger charge is -2.13. The van der Waals surface area contributed by atoms with E-state index in [9.17, 15) is 18.0 Å². The van der Waals surface area contributed by atoms with Crippen molar-refractivity contribution < 1.29 is 23.1 Å². The third-order valence-corrected chi connectivity index (χ3v) is 5.56. The van der Waals surface area contributed by atoms with Crippen LogP contribution in [-0.4, -0.2) is 31.2 Å². The molecule has 0 unspecified atom stereocenters. The smallest absolute Gasteiger partial charge is 0.335 e. The predicted molar refractivity (Wildman–Crippen MR) is 107 cm³/mol. The molecule has 0 bridgehead atoms. The molecule has 0 saturated carbocycles. The molecule has 2 aromatic carbocycles. The van der Waals surface area contributed by atoms with Crippen LogP contribution in [0.25, 0.3) is 0 Å². The number of sulfonamides is 1. The Balaban J connectivity index is 1.84. The van der Waals surface area contributed by atoms with Crippen LogP contribution in [0.3, 0.4) is 0 Å². The number of rotatable bonds is 7. The molecule has 0 radical (unpaired) electrons. The van der Waals surface area contributed by atoms with Gasteiger partial charge in [0.2, 0.25) is 0 Å². The highest BCUT2D eigenvalue weighted by atomic mass is 32.2. The maximum Gasteiger partial charge on any atom is 0.335 e. The van der Waals surface area contributed by atoms with Crippen LogP contribution < -0.4 is 15.0 Å². The Hall–Kier alpha value is -3.59. The molecule has 0 saturated heterocycles. The number of nitrogens with one attached hydrogen (secondary N) is 1. The van der Waals surface area contributed by atoms with Crippen molar-refractivity contribution in [1.29, 1.82) is 0 Å². The Morgan fingerprint density at radius 3 is 2.45 bits per heavy atom. The molecule has 3 rings (SSSR count). The second-order valence-corrected chi connectivity index (χ2v) is 7.79. The topological polar surface area (TPSA) is 115 Å². The number of aromatic nitrogens is 1. The largest absolute Gasteiger partial charge is 0.495 e. The Morgan fingerprint density at radius 2 is 1.83 bits per heavy atom. The van der Waals surface area contributed by atoms with Crippen molar-refractivity contribution >= 4 is 21.7 Å². The van der Waals surface area contributed by atoms with Gasteiger partial charge in [0.25, 0.3) is 15.6 Å². The van der Waals surface area contributed by atoms with Gasteiger partial charge >= 0.3 is 5.97 Å². The Labute approximate surface area is 167 Å². The summed E-state index contributed by atoms with van der Waals surface area (Å²) in [6.07, 6.45) is 1.67. The first-order valence-corrected chi connectivity index (χ1v) is 9.97. The molecular weight excluding hydrogens is 396 g/mol. The van der Waals surface area contributed by atoms with E-state index in [1.165, 1.54) is 29.9 Å². The van der Waals surface area contributed by atoms with Crippen molar-refractivity contribution in [3.05, 3.63) is 88.3 Å². The van der Waals surface area contributed by atoms with Gasteiger partial charge in [-0.1, -0.05) is 18.2 Å². The van der Waals surface area contributed by atoms with Crippen LogP contribution in [0.4, 0.5) is 5.69 Å². The van der Waals surface area contributed by atoms with Gasteiger partial charge in [-0.3, -0.25) is 9.52 Å². The number of carbonyl (C=O) groups is 1. The third-order valence-electron chi connectivity index (χ3n) is 4.16. The molecule has 0 aliphatic carbocycles. The van der Waals surface area contributed by atoms with E-state index in [0.717, 1.165) is 11.6 Å². The number of nitrogens with zero attached hydrogens (tertiary/aromatic N) is 1. The Bertz CT molecular complexity index is 1200. The number of benzene rings is 2. The van der Waals surface area contributed by atoms with E-state index >= 15 is 0 Å². The first-order chi connectivity index (χ1) is 13.8. The summed E-state index contributed by atoms with van der Waals surface area (Å²) in [6, 6.07) is 15.0. The van der Waals surface area contributed by atoms with Crippen LogP contribution in [0.15, 0.2) is 76.6 Å². The minimum atomic E-state index is -4.08. The van der Waals surface area contributed by atoms with Crippen molar-refractivity contribution in [3.63, 3.8) is 0 Å². The lowest BCUT2D eigenvalue weighted by Crippen LogP contribution is -2.18. The first-order valence-electron chi connectivity index (χ1n) is 8.49. The minimum Gasteiger partial charge on any atom is -0.495 e. The normalized spacial score (nSPS) is 11.1. The second kappa shape index (κ2) is 8.19. The summed E-state index contributed by atoms with van der Waals surface area (Å²) in [7, 11) is -2.78. The van der Waals surface area contributed by atoms with Gasteiger partial charge in [0.15, 0.2) is 0 Å². The van der Waals surface area contributed by atoms with Gasteiger partial charge in [-0.15, -0.1) is 0 Å². The van der Waals surface area contributed by atoms with E-state index in [4.69, 9.17) is 9.84 Å². The molecule has 0 aliphatic heterocycles. The molecule has 0 atom stereocenters. The van der Waals surface area contributed by atoms with Gasteiger partial charge < -0.3 is 14.4 Å². The summed E-state index contributed by atoms with van der Waals surface area (Å²) in [5.74, 6) is -1.22. The summed E-state index contributed by atoms with van der Waals surface area (Å²) in [5.41, 5.74) is 0.793. The molecular formula is C20H18N2O6S. The fourth-order valence-electron chi connectivity index (χ4n) is 2.70. The fraction of sp³-hybridized carbons (Fsp3) is 0.100. The van der Waals surface area contributed by atoms with Crippen molar-refractivity contribution in [3.8, 4) is 5.75 Å². The number of carboxylic acid groups (broad SMARTS) is 1. The highest BCUT2D eigenvalue weighted by Gasteiger charge is 2.22. The molecule has 2 N–H and O–H groups in total. The monoisotopic (exact) mass is 414 g/mol. The van der Waals surface area contributed by atoms with E-state index in [1.807, 2.05) is 0 Å². The van der Waals surface area contributed by atoms with Crippen LogP contribution in [0, 0.1) is 0 Å². The van der Waals surface area contributed by atoms with E-state index < -0.39 is 16.0 Å². The molecule has 29 heavy (non-hydrogen) atoms. The van der Waals surface area contributed by atoms with E-state index in [0.29, 0.717) is 6.54 Å². The summed E-state index contributed by atoms with van der Waals surface area (Å²) < 4.78 is 34.5. The number of anilines is 1. The van der Waals surface area contributed by atoms with Crippen LogP contribution in [0.2, 0.25) is 0 Å². The van der Waals surface area contributed by atoms with Crippen molar-refractivity contribution in [2.45, 2.75) is 11.4 Å². The zero-order chi connectivity index (χ0) is 21.0. The maximum atomic E-state index is 12.7. The van der Waals surface area contributed by atoms with Gasteiger partial charge in [0, 0.05) is 18.0 Å². The molecule has 8 nitrogen and oxygen atoms in total. The average molecular weight is 414 g/mol. The minimum absolute atomic E-state index is 0.0302. The number of hydrogen-bond acceptors (Lipinski definition) is 5. The number of pyridine rings is 1. The lowest BCUT2D eigenvalue weighted by molar-refractivity contribution is 0.0696. The van der Waals surface area contributed by atoms with Crippen molar-refractivity contribution in [2.24, 2.45) is 0 Å². The molecule has 1 aromatic heterocycles. The lowest BCUT2D eigenvalue weighted by atomic mass is 10.2. The van der Waals surface area contributed by atoms with Crippen molar-refractivity contribution in [1.82, 2.24) is 4.57 Å². The zero-order valence-electron chi connectivity index (χ0n) is 15.4. The molecule has 150 valence electrons. The number of carboxylic acids is 1. The van der Waals surface area contributed by atoms with Crippen LogP contribution in [0.1, 0.15) is 15.9 Å². The molecule has 0 fully saturated rings. The molecule has 9 heteroatoms. The molecule has 3 aromatic rings. The standard InChI is InChI=1S/C20H18N2O6S/c1-28-17-10-7-15(20(24)25)12-18(17)29(26,27)21-16-8-5-14(6-9-16)13-22-11-3-2-4-19(22)23/h2-12,21H,13H2,1H3,(H,24,25). The molecule has 1 heterocycles. The first kappa shape index (κ1) is 20.2. The summed E-state index contributed by atoms with van der Waals surface area (Å²) in [4.78, 5) is 22.7.